The molecule has 1 heterocycles. The van der Waals surface area contributed by atoms with Crippen molar-refractivity contribution in [3.8, 4) is 24.2 Å². The highest BCUT2D eigenvalue weighted by atomic mass is 19.1. The van der Waals surface area contributed by atoms with E-state index >= 15 is 0 Å². The molecular formula is C18H8F2O3. The molecule has 0 bridgehead atoms. The molecule has 3 rings (SSSR count). The summed E-state index contributed by atoms with van der Waals surface area (Å²) < 4.78 is 29.1. The van der Waals surface area contributed by atoms with Crippen molar-refractivity contribution in [3.63, 3.8) is 0 Å². The van der Waals surface area contributed by atoms with Crippen LogP contribution in [-0.4, -0.2) is 11.9 Å². The molecule has 3 nitrogen and oxygen atoms in total. The van der Waals surface area contributed by atoms with E-state index in [-0.39, 0.29) is 24.0 Å². The molecule has 0 saturated carbocycles. The molecule has 2 aromatic rings. The highest BCUT2D eigenvalue weighted by Gasteiger charge is 2.28. The van der Waals surface area contributed by atoms with Crippen LogP contribution in [-0.2, 0) is 17.6 Å². The second kappa shape index (κ2) is 5.90. The predicted octanol–water partition coefficient (Wildman–Crippen LogP) is 3.10. The van der Waals surface area contributed by atoms with Crippen molar-refractivity contribution in [2.24, 2.45) is 0 Å². The van der Waals surface area contributed by atoms with Gasteiger partial charge in [0, 0.05) is 18.2 Å². The molecule has 112 valence electrons. The number of rotatable bonds is 2. The summed E-state index contributed by atoms with van der Waals surface area (Å²) in [7, 11) is 0. The van der Waals surface area contributed by atoms with E-state index in [1.165, 1.54) is 24.5 Å². The van der Waals surface area contributed by atoms with Crippen LogP contribution >= 0.6 is 0 Å². The van der Waals surface area contributed by atoms with Gasteiger partial charge >= 0.3 is 11.9 Å². The summed E-state index contributed by atoms with van der Waals surface area (Å²) in [6.07, 6.45) is 2.83. The van der Waals surface area contributed by atoms with Crippen LogP contribution < -0.4 is 0 Å². The topological polar surface area (TPSA) is 43.4 Å². The maximum Gasteiger partial charge on any atom is 0.346 e. The molecule has 1 aliphatic heterocycles. The van der Waals surface area contributed by atoms with Crippen molar-refractivity contribution in [3.05, 3.63) is 46.5 Å². The molecule has 0 aliphatic carbocycles. The SMILES string of the molecule is O=C1OC(=O)c2ccc(CC#CF)c3c(CC#CF)ccc1c23. The van der Waals surface area contributed by atoms with Gasteiger partial charge in [-0.25, -0.2) is 9.59 Å². The van der Waals surface area contributed by atoms with Gasteiger partial charge in [-0.15, -0.1) is 8.78 Å². The molecule has 0 radical (unpaired) electrons. The lowest BCUT2D eigenvalue weighted by atomic mass is 9.89. The lowest BCUT2D eigenvalue weighted by Gasteiger charge is -2.19. The Balaban J connectivity index is 2.39. The summed E-state index contributed by atoms with van der Waals surface area (Å²) >= 11 is 0. The average molecular weight is 310 g/mol. The number of carbonyl (C=O) groups excluding carboxylic acids is 2. The largest absolute Gasteiger partial charge is 0.386 e. The predicted molar refractivity (Wildman–Crippen MR) is 78.9 cm³/mol. The maximum absolute atomic E-state index is 12.2. The van der Waals surface area contributed by atoms with E-state index in [1.54, 1.807) is 12.1 Å². The summed E-state index contributed by atoms with van der Waals surface area (Å²) in [4.78, 5) is 23.8. The third-order valence-corrected chi connectivity index (χ3v) is 3.65. The molecule has 0 N–H and O–H groups in total. The molecule has 0 atom stereocenters. The summed E-state index contributed by atoms with van der Waals surface area (Å²) in [6, 6.07) is 6.27. The van der Waals surface area contributed by atoms with Gasteiger partial charge < -0.3 is 4.74 Å². The summed E-state index contributed by atoms with van der Waals surface area (Å²) in [5.41, 5.74) is 1.74. The highest BCUT2D eigenvalue weighted by Crippen LogP contribution is 2.34. The zero-order chi connectivity index (χ0) is 16.4. The minimum atomic E-state index is -0.746. The Morgan fingerprint density at radius 3 is 1.70 bits per heavy atom. The quantitative estimate of drug-likeness (QED) is 0.486. The molecule has 2 aromatic carbocycles. The monoisotopic (exact) mass is 310 g/mol. The molecular weight excluding hydrogens is 302 g/mol. The van der Waals surface area contributed by atoms with Crippen LogP contribution in [0.3, 0.4) is 0 Å². The Bertz CT molecular complexity index is 894. The van der Waals surface area contributed by atoms with Gasteiger partial charge in [0.05, 0.1) is 11.1 Å². The van der Waals surface area contributed by atoms with E-state index in [0.717, 1.165) is 0 Å². The van der Waals surface area contributed by atoms with E-state index in [0.29, 0.717) is 21.9 Å². The standard InChI is InChI=1S/C18H8F2O3/c19-9-1-3-11-5-7-13-16-14(18(22)23-17(13)21)8-6-12(15(11)16)4-2-10-20/h5-8H,3-4H2. The van der Waals surface area contributed by atoms with Gasteiger partial charge in [0.25, 0.3) is 0 Å². The van der Waals surface area contributed by atoms with Crippen molar-refractivity contribution in [2.75, 3.05) is 0 Å². The number of halogens is 2. The van der Waals surface area contributed by atoms with Crippen LogP contribution in [0.1, 0.15) is 31.8 Å². The van der Waals surface area contributed by atoms with Crippen LogP contribution in [0.5, 0.6) is 0 Å². The Morgan fingerprint density at radius 2 is 1.26 bits per heavy atom. The Labute approximate surface area is 130 Å². The summed E-state index contributed by atoms with van der Waals surface area (Å²) in [5, 5.41) is 0.984. The highest BCUT2D eigenvalue weighted by molar-refractivity contribution is 6.21. The fourth-order valence-electron chi connectivity index (χ4n) is 2.73. The fourth-order valence-corrected chi connectivity index (χ4v) is 2.73. The van der Waals surface area contributed by atoms with Crippen LogP contribution in [0.4, 0.5) is 8.78 Å². The van der Waals surface area contributed by atoms with E-state index in [1.807, 2.05) is 0 Å². The van der Waals surface area contributed by atoms with Crippen LogP contribution in [0.15, 0.2) is 24.3 Å². The minimum absolute atomic E-state index is 0.0933. The van der Waals surface area contributed by atoms with E-state index in [2.05, 4.69) is 11.8 Å². The van der Waals surface area contributed by atoms with Crippen LogP contribution in [0.2, 0.25) is 0 Å². The van der Waals surface area contributed by atoms with Gasteiger partial charge in [0.1, 0.15) is 12.3 Å². The van der Waals surface area contributed by atoms with E-state index < -0.39 is 11.9 Å². The normalized spacial score (nSPS) is 12.1. The number of ether oxygens (including phenoxy) is 1. The summed E-state index contributed by atoms with van der Waals surface area (Å²) in [5.74, 6) is 3.13. The Hall–Kier alpha value is -3.18. The first-order chi connectivity index (χ1) is 11.2. The number of cyclic esters (lactones) is 2. The van der Waals surface area contributed by atoms with Gasteiger partial charge in [-0.3, -0.25) is 0 Å². The number of hydrogen-bond donors (Lipinski definition) is 0. The van der Waals surface area contributed by atoms with Crippen molar-refractivity contribution in [2.45, 2.75) is 12.8 Å². The maximum atomic E-state index is 12.2. The van der Waals surface area contributed by atoms with Crippen molar-refractivity contribution < 1.29 is 23.1 Å². The smallest absolute Gasteiger partial charge is 0.346 e. The molecule has 23 heavy (non-hydrogen) atoms. The van der Waals surface area contributed by atoms with Gasteiger partial charge in [0.15, 0.2) is 0 Å². The van der Waals surface area contributed by atoms with Crippen molar-refractivity contribution >= 4 is 22.7 Å². The molecule has 0 saturated heterocycles. The molecule has 1 aliphatic rings. The molecule has 0 spiro atoms. The first-order valence-electron chi connectivity index (χ1n) is 6.68. The first-order valence-corrected chi connectivity index (χ1v) is 6.68. The fraction of sp³-hybridized carbons (Fsp3) is 0.111. The molecule has 0 unspecified atom stereocenters. The third-order valence-electron chi connectivity index (χ3n) is 3.65. The zero-order valence-corrected chi connectivity index (χ0v) is 11.7. The Morgan fingerprint density at radius 1 is 0.783 bits per heavy atom. The average Bonchev–Trinajstić information content (AvgIpc) is 2.56. The van der Waals surface area contributed by atoms with Crippen molar-refractivity contribution in [1.29, 1.82) is 0 Å². The first kappa shape index (κ1) is 14.7. The van der Waals surface area contributed by atoms with E-state index in [4.69, 9.17) is 4.74 Å². The van der Waals surface area contributed by atoms with Crippen LogP contribution in [0, 0.1) is 24.2 Å². The van der Waals surface area contributed by atoms with Crippen LogP contribution in [0.25, 0.3) is 10.8 Å². The minimum Gasteiger partial charge on any atom is -0.386 e. The number of carbonyl (C=O) groups is 2. The van der Waals surface area contributed by atoms with Gasteiger partial charge in [-0.2, -0.15) is 0 Å². The molecule has 5 heteroatoms. The third kappa shape index (κ3) is 2.43. The van der Waals surface area contributed by atoms with Gasteiger partial charge in [0.2, 0.25) is 0 Å². The Kier molecular flexibility index (Phi) is 3.78. The summed E-state index contributed by atoms with van der Waals surface area (Å²) in [6.45, 7) is 0. The van der Waals surface area contributed by atoms with Gasteiger partial charge in [-0.05, 0) is 28.6 Å². The number of benzene rings is 2. The van der Waals surface area contributed by atoms with Gasteiger partial charge in [-0.1, -0.05) is 24.0 Å². The molecule has 0 amide bonds. The zero-order valence-electron chi connectivity index (χ0n) is 11.7. The lowest BCUT2D eigenvalue weighted by molar-refractivity contribution is 0.0391. The molecule has 0 fully saturated rings. The number of hydrogen-bond acceptors (Lipinski definition) is 3. The van der Waals surface area contributed by atoms with Crippen molar-refractivity contribution in [1.82, 2.24) is 0 Å². The molecule has 0 aromatic heterocycles. The number of esters is 2. The van der Waals surface area contributed by atoms with E-state index in [9.17, 15) is 18.4 Å². The second-order valence-corrected chi connectivity index (χ2v) is 4.87. The lowest BCUT2D eigenvalue weighted by Crippen LogP contribution is -2.20. The second-order valence-electron chi connectivity index (χ2n) is 4.87.